The maximum Gasteiger partial charge on any atom is 0.303 e. The molecule has 1 heterocycles. The number of amides is 1. The van der Waals surface area contributed by atoms with Crippen LogP contribution in [0.25, 0.3) is 0 Å². The number of carboxylic acids is 1. The molecule has 1 rings (SSSR count). The summed E-state index contributed by atoms with van der Waals surface area (Å²) < 4.78 is 5.65. The van der Waals surface area contributed by atoms with Crippen LogP contribution in [-0.2, 0) is 14.3 Å². The van der Waals surface area contributed by atoms with Crippen LogP contribution >= 0.6 is 0 Å². The highest BCUT2D eigenvalue weighted by molar-refractivity contribution is 5.80. The largest absolute Gasteiger partial charge is 0.481 e. The van der Waals surface area contributed by atoms with E-state index in [-0.39, 0.29) is 42.3 Å². The predicted molar refractivity (Wildman–Crippen MR) is 71.7 cm³/mol. The third kappa shape index (κ3) is 4.20. The molecular weight excluding hydrogens is 246 g/mol. The van der Waals surface area contributed by atoms with Gasteiger partial charge in [0.25, 0.3) is 0 Å². The molecule has 1 fully saturated rings. The van der Waals surface area contributed by atoms with Crippen LogP contribution in [0.4, 0.5) is 0 Å². The van der Waals surface area contributed by atoms with Crippen molar-refractivity contribution < 1.29 is 19.4 Å². The molecule has 5 atom stereocenters. The summed E-state index contributed by atoms with van der Waals surface area (Å²) in [5, 5.41) is 11.7. The molecule has 5 nitrogen and oxygen atoms in total. The molecule has 1 saturated heterocycles. The molecule has 5 unspecified atom stereocenters. The Labute approximate surface area is 114 Å². The van der Waals surface area contributed by atoms with Gasteiger partial charge in [0.2, 0.25) is 5.91 Å². The molecule has 0 saturated carbocycles. The van der Waals surface area contributed by atoms with Gasteiger partial charge in [-0.1, -0.05) is 20.3 Å². The number of aliphatic carboxylic acids is 1. The zero-order valence-corrected chi connectivity index (χ0v) is 12.2. The Morgan fingerprint density at radius 3 is 2.32 bits per heavy atom. The third-order valence-corrected chi connectivity index (χ3v) is 4.15. The van der Waals surface area contributed by atoms with Crippen molar-refractivity contribution in [2.24, 2.45) is 17.8 Å². The molecule has 0 bridgehead atoms. The number of carbonyl (C=O) groups excluding carboxylic acids is 1. The summed E-state index contributed by atoms with van der Waals surface area (Å²) in [6.45, 7) is 8.28. The first-order valence-electron chi connectivity index (χ1n) is 7.01. The van der Waals surface area contributed by atoms with E-state index in [0.717, 1.165) is 6.42 Å². The molecule has 5 heteroatoms. The SMILES string of the molecule is CCC(CNC(=O)C1C(C)OC(C)C1C)CC(=O)O. The van der Waals surface area contributed by atoms with Crippen LogP contribution in [0.2, 0.25) is 0 Å². The molecule has 1 aliphatic rings. The van der Waals surface area contributed by atoms with Gasteiger partial charge in [-0.3, -0.25) is 9.59 Å². The van der Waals surface area contributed by atoms with Crippen molar-refractivity contribution in [3.05, 3.63) is 0 Å². The summed E-state index contributed by atoms with van der Waals surface area (Å²) in [6.07, 6.45) is 0.852. The summed E-state index contributed by atoms with van der Waals surface area (Å²) in [5.74, 6) is -0.799. The lowest BCUT2D eigenvalue weighted by atomic mass is 9.88. The number of ether oxygens (including phenoxy) is 1. The average molecular weight is 271 g/mol. The highest BCUT2D eigenvalue weighted by atomic mass is 16.5. The van der Waals surface area contributed by atoms with E-state index in [1.54, 1.807) is 0 Å². The van der Waals surface area contributed by atoms with Gasteiger partial charge in [0.05, 0.1) is 18.1 Å². The Balaban J connectivity index is 2.48. The van der Waals surface area contributed by atoms with Crippen LogP contribution in [0.1, 0.15) is 40.5 Å². The molecule has 1 aliphatic heterocycles. The van der Waals surface area contributed by atoms with E-state index in [4.69, 9.17) is 9.84 Å². The molecule has 0 aromatic carbocycles. The Bertz CT molecular complexity index is 331. The smallest absolute Gasteiger partial charge is 0.303 e. The van der Waals surface area contributed by atoms with E-state index in [1.807, 2.05) is 27.7 Å². The number of rotatable bonds is 6. The number of carbonyl (C=O) groups is 2. The summed E-state index contributed by atoms with van der Waals surface area (Å²) in [7, 11) is 0. The van der Waals surface area contributed by atoms with E-state index < -0.39 is 5.97 Å². The molecule has 110 valence electrons. The van der Waals surface area contributed by atoms with Gasteiger partial charge in [-0.15, -0.1) is 0 Å². The van der Waals surface area contributed by atoms with Crippen molar-refractivity contribution in [2.45, 2.75) is 52.7 Å². The van der Waals surface area contributed by atoms with Gasteiger partial charge in [0.1, 0.15) is 0 Å². The fourth-order valence-electron chi connectivity index (χ4n) is 2.69. The Kier molecular flexibility index (Phi) is 5.79. The Morgan fingerprint density at radius 2 is 1.89 bits per heavy atom. The lowest BCUT2D eigenvalue weighted by Crippen LogP contribution is -2.39. The quantitative estimate of drug-likeness (QED) is 0.770. The maximum absolute atomic E-state index is 12.2. The summed E-state index contributed by atoms with van der Waals surface area (Å²) in [6, 6.07) is 0. The maximum atomic E-state index is 12.2. The fourth-order valence-corrected chi connectivity index (χ4v) is 2.69. The third-order valence-electron chi connectivity index (χ3n) is 4.15. The zero-order chi connectivity index (χ0) is 14.6. The zero-order valence-electron chi connectivity index (χ0n) is 12.2. The van der Waals surface area contributed by atoms with Crippen LogP contribution in [-0.4, -0.2) is 35.7 Å². The molecule has 19 heavy (non-hydrogen) atoms. The van der Waals surface area contributed by atoms with Gasteiger partial charge in [0, 0.05) is 13.0 Å². The fraction of sp³-hybridized carbons (Fsp3) is 0.857. The molecule has 2 N–H and O–H groups in total. The first-order valence-corrected chi connectivity index (χ1v) is 7.01. The summed E-state index contributed by atoms with van der Waals surface area (Å²) in [5.41, 5.74) is 0. The van der Waals surface area contributed by atoms with Gasteiger partial charge in [-0.05, 0) is 25.7 Å². The van der Waals surface area contributed by atoms with E-state index >= 15 is 0 Å². The van der Waals surface area contributed by atoms with Crippen LogP contribution in [0, 0.1) is 17.8 Å². The monoisotopic (exact) mass is 271 g/mol. The summed E-state index contributed by atoms with van der Waals surface area (Å²) in [4.78, 5) is 22.9. The van der Waals surface area contributed by atoms with Gasteiger partial charge in [-0.2, -0.15) is 0 Å². The van der Waals surface area contributed by atoms with E-state index in [2.05, 4.69) is 5.32 Å². The average Bonchev–Trinajstić information content (AvgIpc) is 2.58. The van der Waals surface area contributed by atoms with Gasteiger partial charge in [-0.25, -0.2) is 0 Å². The van der Waals surface area contributed by atoms with Crippen molar-refractivity contribution in [3.8, 4) is 0 Å². The van der Waals surface area contributed by atoms with Crippen LogP contribution < -0.4 is 5.32 Å². The minimum absolute atomic E-state index is 0.00759. The van der Waals surface area contributed by atoms with Gasteiger partial charge < -0.3 is 15.2 Å². The highest BCUT2D eigenvalue weighted by Gasteiger charge is 2.41. The van der Waals surface area contributed by atoms with Crippen molar-refractivity contribution in [2.75, 3.05) is 6.54 Å². The first-order chi connectivity index (χ1) is 8.86. The molecule has 0 radical (unpaired) electrons. The van der Waals surface area contributed by atoms with Crippen molar-refractivity contribution >= 4 is 11.9 Å². The molecular formula is C14H25NO4. The Hall–Kier alpha value is -1.10. The van der Waals surface area contributed by atoms with E-state index in [0.29, 0.717) is 6.54 Å². The number of nitrogens with one attached hydrogen (secondary N) is 1. The van der Waals surface area contributed by atoms with Crippen LogP contribution in [0.15, 0.2) is 0 Å². The minimum atomic E-state index is -0.819. The van der Waals surface area contributed by atoms with Crippen LogP contribution in [0.3, 0.4) is 0 Å². The Morgan fingerprint density at radius 1 is 1.26 bits per heavy atom. The van der Waals surface area contributed by atoms with E-state index in [9.17, 15) is 9.59 Å². The van der Waals surface area contributed by atoms with Gasteiger partial charge in [0.15, 0.2) is 0 Å². The molecule has 0 spiro atoms. The minimum Gasteiger partial charge on any atom is -0.481 e. The lowest BCUT2D eigenvalue weighted by molar-refractivity contribution is -0.138. The number of hydrogen-bond donors (Lipinski definition) is 2. The second kappa shape index (κ2) is 6.89. The van der Waals surface area contributed by atoms with Crippen molar-refractivity contribution in [3.63, 3.8) is 0 Å². The number of hydrogen-bond acceptors (Lipinski definition) is 3. The van der Waals surface area contributed by atoms with Crippen LogP contribution in [0.5, 0.6) is 0 Å². The second-order valence-corrected chi connectivity index (χ2v) is 5.55. The predicted octanol–water partition coefficient (Wildman–Crippen LogP) is 1.66. The molecule has 0 aromatic heterocycles. The topological polar surface area (TPSA) is 75.6 Å². The normalized spacial score (nSPS) is 32.0. The standard InChI is InChI=1S/C14H25NO4/c1-5-11(6-12(16)17)7-15-14(18)13-8(2)9(3)19-10(13)4/h8-11,13H,5-7H2,1-4H3,(H,15,18)(H,16,17). The molecule has 0 aromatic rings. The first kappa shape index (κ1) is 16.0. The number of carboxylic acid groups (broad SMARTS) is 1. The summed E-state index contributed by atoms with van der Waals surface area (Å²) >= 11 is 0. The van der Waals surface area contributed by atoms with E-state index in [1.165, 1.54) is 0 Å². The molecule has 1 amide bonds. The van der Waals surface area contributed by atoms with Crippen molar-refractivity contribution in [1.29, 1.82) is 0 Å². The van der Waals surface area contributed by atoms with Gasteiger partial charge >= 0.3 is 5.97 Å². The highest BCUT2D eigenvalue weighted by Crippen LogP contribution is 2.32. The molecule has 0 aliphatic carbocycles. The van der Waals surface area contributed by atoms with Crippen molar-refractivity contribution in [1.82, 2.24) is 5.32 Å². The lowest BCUT2D eigenvalue weighted by Gasteiger charge is -2.20. The second-order valence-electron chi connectivity index (χ2n) is 5.55.